The van der Waals surface area contributed by atoms with Crippen LogP contribution in [-0.4, -0.2) is 20.4 Å². The fraction of sp³-hybridized carbons (Fsp3) is 0.318. The summed E-state index contributed by atoms with van der Waals surface area (Å²) >= 11 is 6.17. The van der Waals surface area contributed by atoms with Crippen molar-refractivity contribution in [3.05, 3.63) is 69.9 Å². The molecule has 1 atom stereocenters. The lowest BCUT2D eigenvalue weighted by molar-refractivity contribution is 0.0936. The van der Waals surface area contributed by atoms with E-state index in [1.165, 1.54) is 23.4 Å². The molecular formula is C22H21ClN4O. The quantitative estimate of drug-likeness (QED) is 0.677. The highest BCUT2D eigenvalue weighted by Gasteiger charge is 2.26. The molecule has 0 saturated carbocycles. The molecule has 2 aliphatic rings. The SMILES string of the molecule is Cc1ccc(C(=O)NC2CCc3ccc(-c4cn5c(n4)CCC5)cc32)c(Cl)n1. The molecule has 6 heteroatoms. The zero-order chi connectivity index (χ0) is 19.3. The lowest BCUT2D eigenvalue weighted by atomic mass is 10.0. The van der Waals surface area contributed by atoms with Crippen LogP contribution in [0.5, 0.6) is 0 Å². The van der Waals surface area contributed by atoms with Gasteiger partial charge in [-0.25, -0.2) is 9.97 Å². The summed E-state index contributed by atoms with van der Waals surface area (Å²) in [7, 11) is 0. The number of amides is 1. The monoisotopic (exact) mass is 392 g/mol. The Morgan fingerprint density at radius 2 is 2.11 bits per heavy atom. The highest BCUT2D eigenvalue weighted by atomic mass is 35.5. The number of nitrogens with one attached hydrogen (secondary N) is 1. The first kappa shape index (κ1) is 17.4. The Hall–Kier alpha value is -2.66. The number of nitrogens with zero attached hydrogens (tertiary/aromatic N) is 3. The fourth-order valence-electron chi connectivity index (χ4n) is 4.24. The van der Waals surface area contributed by atoms with Crippen LogP contribution < -0.4 is 5.32 Å². The number of aromatic nitrogens is 3. The van der Waals surface area contributed by atoms with Crippen LogP contribution in [0.1, 0.15) is 51.9 Å². The van der Waals surface area contributed by atoms with Crippen LogP contribution >= 0.6 is 11.6 Å². The topological polar surface area (TPSA) is 59.8 Å². The van der Waals surface area contributed by atoms with Gasteiger partial charge >= 0.3 is 0 Å². The first-order valence-corrected chi connectivity index (χ1v) is 10.1. The van der Waals surface area contributed by atoms with Crippen molar-refractivity contribution in [3.63, 3.8) is 0 Å². The number of hydrogen-bond acceptors (Lipinski definition) is 3. The van der Waals surface area contributed by atoms with E-state index in [1.54, 1.807) is 12.1 Å². The Bertz CT molecular complexity index is 1070. The molecule has 1 amide bonds. The molecule has 1 unspecified atom stereocenters. The summed E-state index contributed by atoms with van der Waals surface area (Å²) in [5.74, 6) is 0.989. The Morgan fingerprint density at radius 3 is 2.93 bits per heavy atom. The molecule has 142 valence electrons. The summed E-state index contributed by atoms with van der Waals surface area (Å²) < 4.78 is 2.24. The molecule has 3 aromatic rings. The molecule has 1 aromatic carbocycles. The maximum Gasteiger partial charge on any atom is 0.254 e. The Balaban J connectivity index is 1.41. The minimum atomic E-state index is -0.179. The van der Waals surface area contributed by atoms with Gasteiger partial charge in [0.15, 0.2) is 0 Å². The molecule has 5 nitrogen and oxygen atoms in total. The summed E-state index contributed by atoms with van der Waals surface area (Å²) in [4.78, 5) is 21.7. The summed E-state index contributed by atoms with van der Waals surface area (Å²) in [5.41, 5.74) is 5.80. The normalized spacial score (nSPS) is 17.4. The predicted molar refractivity (Wildman–Crippen MR) is 108 cm³/mol. The van der Waals surface area contributed by atoms with E-state index in [-0.39, 0.29) is 17.1 Å². The third-order valence-electron chi connectivity index (χ3n) is 5.72. The number of fused-ring (bicyclic) bond motifs is 2. The van der Waals surface area contributed by atoms with E-state index in [2.05, 4.69) is 39.3 Å². The molecule has 5 rings (SSSR count). The second-order valence-corrected chi connectivity index (χ2v) is 7.97. The smallest absolute Gasteiger partial charge is 0.254 e. The molecule has 1 aliphatic heterocycles. The average molecular weight is 393 g/mol. The predicted octanol–water partition coefficient (Wildman–Crippen LogP) is 4.27. The number of hydrogen-bond donors (Lipinski definition) is 1. The minimum absolute atomic E-state index is 0.0192. The number of benzene rings is 1. The number of aryl methyl sites for hydroxylation is 4. The first-order chi connectivity index (χ1) is 13.6. The van der Waals surface area contributed by atoms with Gasteiger partial charge in [-0.1, -0.05) is 23.7 Å². The van der Waals surface area contributed by atoms with E-state index >= 15 is 0 Å². The van der Waals surface area contributed by atoms with Gasteiger partial charge in [-0.15, -0.1) is 0 Å². The summed E-state index contributed by atoms with van der Waals surface area (Å²) in [6.07, 6.45) is 6.22. The number of imidazole rings is 1. The number of rotatable bonds is 3. The Kier molecular flexibility index (Phi) is 4.20. The lowest BCUT2D eigenvalue weighted by Crippen LogP contribution is -2.27. The second-order valence-electron chi connectivity index (χ2n) is 7.61. The Morgan fingerprint density at radius 1 is 1.21 bits per heavy atom. The van der Waals surface area contributed by atoms with Crippen molar-refractivity contribution >= 4 is 17.5 Å². The molecule has 1 N–H and O–H groups in total. The molecule has 0 radical (unpaired) electrons. The second kappa shape index (κ2) is 6.74. The molecular weight excluding hydrogens is 372 g/mol. The van der Waals surface area contributed by atoms with Crippen molar-refractivity contribution in [1.82, 2.24) is 19.9 Å². The van der Waals surface area contributed by atoms with Gasteiger partial charge in [-0.2, -0.15) is 0 Å². The van der Waals surface area contributed by atoms with Crippen molar-refractivity contribution < 1.29 is 4.79 Å². The van der Waals surface area contributed by atoms with Gasteiger partial charge < -0.3 is 9.88 Å². The van der Waals surface area contributed by atoms with Gasteiger partial charge in [-0.05, 0) is 55.5 Å². The van der Waals surface area contributed by atoms with Gasteiger partial charge in [0.05, 0.1) is 17.3 Å². The van der Waals surface area contributed by atoms with Crippen LogP contribution in [0.25, 0.3) is 11.3 Å². The van der Waals surface area contributed by atoms with Gasteiger partial charge in [0.1, 0.15) is 11.0 Å². The lowest BCUT2D eigenvalue weighted by Gasteiger charge is -2.15. The van der Waals surface area contributed by atoms with Crippen LogP contribution in [0, 0.1) is 6.92 Å². The van der Waals surface area contributed by atoms with E-state index in [4.69, 9.17) is 16.6 Å². The fourth-order valence-corrected chi connectivity index (χ4v) is 4.52. The highest BCUT2D eigenvalue weighted by molar-refractivity contribution is 6.32. The first-order valence-electron chi connectivity index (χ1n) is 9.72. The highest BCUT2D eigenvalue weighted by Crippen LogP contribution is 2.35. The van der Waals surface area contributed by atoms with Crippen LogP contribution in [0.3, 0.4) is 0 Å². The molecule has 28 heavy (non-hydrogen) atoms. The molecule has 0 spiro atoms. The van der Waals surface area contributed by atoms with E-state index in [1.807, 2.05) is 6.92 Å². The van der Waals surface area contributed by atoms with Crippen molar-refractivity contribution in [2.45, 2.75) is 45.2 Å². The van der Waals surface area contributed by atoms with Crippen molar-refractivity contribution in [3.8, 4) is 11.3 Å². The van der Waals surface area contributed by atoms with E-state index in [0.717, 1.165) is 42.8 Å². The van der Waals surface area contributed by atoms with Crippen molar-refractivity contribution in [2.24, 2.45) is 0 Å². The number of carbonyl (C=O) groups excluding carboxylic acids is 1. The van der Waals surface area contributed by atoms with Crippen LogP contribution in [-0.2, 0) is 19.4 Å². The molecule has 2 aromatic heterocycles. The summed E-state index contributed by atoms with van der Waals surface area (Å²) in [5, 5.41) is 3.39. The van der Waals surface area contributed by atoms with Crippen molar-refractivity contribution in [2.75, 3.05) is 0 Å². The number of carbonyl (C=O) groups is 1. The minimum Gasteiger partial charge on any atom is -0.345 e. The summed E-state index contributed by atoms with van der Waals surface area (Å²) in [6.45, 7) is 2.91. The van der Waals surface area contributed by atoms with E-state index in [9.17, 15) is 4.79 Å². The standard InChI is InChI=1S/C22H21ClN4O/c1-13-4-8-16(21(23)24-13)22(28)26-18-9-7-14-5-6-15(11-17(14)18)19-12-27-10-2-3-20(27)25-19/h4-6,8,11-12,18H,2-3,7,9-10H2,1H3,(H,26,28). The van der Waals surface area contributed by atoms with Gasteiger partial charge in [0.2, 0.25) is 0 Å². The van der Waals surface area contributed by atoms with E-state index < -0.39 is 0 Å². The molecule has 1 aliphatic carbocycles. The van der Waals surface area contributed by atoms with E-state index in [0.29, 0.717) is 5.56 Å². The van der Waals surface area contributed by atoms with Crippen LogP contribution in [0.4, 0.5) is 0 Å². The summed E-state index contributed by atoms with van der Waals surface area (Å²) in [6, 6.07) is 10.0. The van der Waals surface area contributed by atoms with Crippen LogP contribution in [0.15, 0.2) is 36.5 Å². The molecule has 0 saturated heterocycles. The maximum atomic E-state index is 12.7. The zero-order valence-corrected chi connectivity index (χ0v) is 16.5. The largest absolute Gasteiger partial charge is 0.345 e. The average Bonchev–Trinajstić information content (AvgIpc) is 3.36. The molecule has 3 heterocycles. The third-order valence-corrected chi connectivity index (χ3v) is 6.00. The molecule has 0 bridgehead atoms. The van der Waals surface area contributed by atoms with Crippen molar-refractivity contribution in [1.29, 1.82) is 0 Å². The number of halogens is 1. The Labute approximate surface area is 168 Å². The zero-order valence-electron chi connectivity index (χ0n) is 15.7. The van der Waals surface area contributed by atoms with Gasteiger partial charge in [-0.3, -0.25) is 4.79 Å². The maximum absolute atomic E-state index is 12.7. The molecule has 0 fully saturated rings. The van der Waals surface area contributed by atoms with Crippen LogP contribution in [0.2, 0.25) is 5.15 Å². The van der Waals surface area contributed by atoms with Gasteiger partial charge in [0, 0.05) is 30.4 Å². The third kappa shape index (κ3) is 3.00. The number of pyridine rings is 1. The van der Waals surface area contributed by atoms with Gasteiger partial charge in [0.25, 0.3) is 5.91 Å².